The molecule has 3 aromatic rings. The molecule has 2 amide bonds. The average Bonchev–Trinajstić information content (AvgIpc) is 3.20. The van der Waals surface area contributed by atoms with Crippen molar-refractivity contribution in [3.05, 3.63) is 95.6 Å². The summed E-state index contributed by atoms with van der Waals surface area (Å²) in [6.07, 6.45) is -3.42. The molecular weight excluding hydrogens is 449 g/mol. The molecule has 4 rings (SSSR count). The SMILES string of the molecule is O=C(CCc1ccccc1)Nc1ccc([C@H]2SCC(=O)N2c2ccc(C(F)(F)F)cc2)cc1. The molecule has 1 heterocycles. The summed E-state index contributed by atoms with van der Waals surface area (Å²) in [6, 6.07) is 21.5. The molecule has 33 heavy (non-hydrogen) atoms. The molecule has 1 saturated heterocycles. The maximum atomic E-state index is 12.9. The number of amides is 2. The lowest BCUT2D eigenvalue weighted by atomic mass is 10.1. The van der Waals surface area contributed by atoms with Crippen LogP contribution in [0.4, 0.5) is 24.5 Å². The van der Waals surface area contributed by atoms with Gasteiger partial charge in [-0.25, -0.2) is 0 Å². The number of benzene rings is 3. The molecule has 8 heteroatoms. The Morgan fingerprint density at radius 2 is 1.64 bits per heavy atom. The second-order valence-electron chi connectivity index (χ2n) is 7.63. The molecule has 0 radical (unpaired) electrons. The van der Waals surface area contributed by atoms with Gasteiger partial charge in [-0.15, -0.1) is 11.8 Å². The summed E-state index contributed by atoms with van der Waals surface area (Å²) in [5.41, 5.74) is 2.23. The summed E-state index contributed by atoms with van der Waals surface area (Å²) >= 11 is 1.41. The molecule has 1 fully saturated rings. The van der Waals surface area contributed by atoms with Gasteiger partial charge in [0.2, 0.25) is 11.8 Å². The first-order chi connectivity index (χ1) is 15.8. The van der Waals surface area contributed by atoms with Gasteiger partial charge in [-0.3, -0.25) is 14.5 Å². The standard InChI is InChI=1S/C25H21F3N2O2S/c26-25(27,28)19-9-13-21(14-10-19)30-23(32)16-33-24(30)18-7-11-20(12-8-18)29-22(31)15-6-17-4-2-1-3-5-17/h1-5,7-14,24H,6,15-16H2,(H,29,31)/t24-/m1/s1. The fourth-order valence-electron chi connectivity index (χ4n) is 3.62. The lowest BCUT2D eigenvalue weighted by Crippen LogP contribution is -2.27. The molecule has 1 aliphatic heterocycles. The quantitative estimate of drug-likeness (QED) is 0.477. The number of carbonyl (C=O) groups excluding carboxylic acids is 2. The van der Waals surface area contributed by atoms with E-state index in [2.05, 4.69) is 5.32 Å². The van der Waals surface area contributed by atoms with Gasteiger partial charge in [0.15, 0.2) is 0 Å². The Balaban J connectivity index is 1.42. The van der Waals surface area contributed by atoms with Crippen LogP contribution in [-0.4, -0.2) is 17.6 Å². The highest BCUT2D eigenvalue weighted by Crippen LogP contribution is 2.42. The van der Waals surface area contributed by atoms with E-state index in [0.29, 0.717) is 24.2 Å². The smallest absolute Gasteiger partial charge is 0.326 e. The van der Waals surface area contributed by atoms with E-state index in [0.717, 1.165) is 23.3 Å². The number of alkyl halides is 3. The molecule has 0 unspecified atom stereocenters. The van der Waals surface area contributed by atoms with Crippen LogP contribution in [-0.2, 0) is 22.2 Å². The van der Waals surface area contributed by atoms with Gasteiger partial charge in [-0.1, -0.05) is 42.5 Å². The van der Waals surface area contributed by atoms with E-state index in [1.807, 2.05) is 42.5 Å². The van der Waals surface area contributed by atoms with Crippen molar-refractivity contribution in [1.29, 1.82) is 0 Å². The van der Waals surface area contributed by atoms with E-state index >= 15 is 0 Å². The van der Waals surface area contributed by atoms with E-state index in [9.17, 15) is 22.8 Å². The Bertz CT molecular complexity index is 1120. The highest BCUT2D eigenvalue weighted by molar-refractivity contribution is 8.00. The number of thioether (sulfide) groups is 1. The molecule has 3 aromatic carbocycles. The lowest BCUT2D eigenvalue weighted by Gasteiger charge is -2.25. The van der Waals surface area contributed by atoms with Crippen LogP contribution >= 0.6 is 11.8 Å². The van der Waals surface area contributed by atoms with Gasteiger partial charge < -0.3 is 5.32 Å². The molecule has 0 bridgehead atoms. The van der Waals surface area contributed by atoms with Crippen molar-refractivity contribution in [3.63, 3.8) is 0 Å². The van der Waals surface area contributed by atoms with Crippen molar-refractivity contribution in [3.8, 4) is 0 Å². The van der Waals surface area contributed by atoms with Crippen LogP contribution in [0.1, 0.15) is 28.5 Å². The highest BCUT2D eigenvalue weighted by atomic mass is 32.2. The predicted octanol–water partition coefficient (Wildman–Crippen LogP) is 6.06. The third-order valence-electron chi connectivity index (χ3n) is 5.30. The van der Waals surface area contributed by atoms with Gasteiger partial charge in [-0.2, -0.15) is 13.2 Å². The van der Waals surface area contributed by atoms with Crippen molar-refractivity contribution in [1.82, 2.24) is 0 Å². The Hall–Kier alpha value is -3.26. The van der Waals surface area contributed by atoms with E-state index in [1.54, 1.807) is 12.1 Å². The van der Waals surface area contributed by atoms with Crippen molar-refractivity contribution in [2.24, 2.45) is 0 Å². The van der Waals surface area contributed by atoms with Crippen LogP contribution in [0.2, 0.25) is 0 Å². The number of hydrogen-bond donors (Lipinski definition) is 1. The van der Waals surface area contributed by atoms with Crippen LogP contribution in [0.15, 0.2) is 78.9 Å². The largest absolute Gasteiger partial charge is 0.416 e. The minimum absolute atomic E-state index is 0.0941. The average molecular weight is 471 g/mol. The molecule has 1 atom stereocenters. The monoisotopic (exact) mass is 470 g/mol. The Kier molecular flexibility index (Phi) is 6.74. The molecule has 4 nitrogen and oxygen atoms in total. The maximum Gasteiger partial charge on any atom is 0.416 e. The molecule has 0 aromatic heterocycles. The van der Waals surface area contributed by atoms with Crippen molar-refractivity contribution in [2.45, 2.75) is 24.4 Å². The fourth-order valence-corrected chi connectivity index (χ4v) is 4.80. The topological polar surface area (TPSA) is 49.4 Å². The minimum atomic E-state index is -4.43. The van der Waals surface area contributed by atoms with Gasteiger partial charge >= 0.3 is 6.18 Å². The number of nitrogens with zero attached hydrogens (tertiary/aromatic N) is 1. The number of carbonyl (C=O) groups is 2. The first kappa shape index (κ1) is 22.9. The maximum absolute atomic E-state index is 12.9. The fraction of sp³-hybridized carbons (Fsp3) is 0.200. The zero-order valence-electron chi connectivity index (χ0n) is 17.5. The van der Waals surface area contributed by atoms with E-state index in [4.69, 9.17) is 0 Å². The molecule has 1 N–H and O–H groups in total. The third-order valence-corrected chi connectivity index (χ3v) is 6.52. The van der Waals surface area contributed by atoms with Crippen LogP contribution < -0.4 is 10.2 Å². The predicted molar refractivity (Wildman–Crippen MR) is 124 cm³/mol. The Morgan fingerprint density at radius 3 is 2.27 bits per heavy atom. The zero-order valence-corrected chi connectivity index (χ0v) is 18.3. The highest BCUT2D eigenvalue weighted by Gasteiger charge is 2.35. The second kappa shape index (κ2) is 9.70. The molecule has 0 spiro atoms. The van der Waals surface area contributed by atoms with Crippen LogP contribution in [0.5, 0.6) is 0 Å². The number of nitrogens with one attached hydrogen (secondary N) is 1. The van der Waals surface area contributed by atoms with Crippen molar-refractivity contribution >= 4 is 35.0 Å². The summed E-state index contributed by atoms with van der Waals surface area (Å²) in [5, 5.41) is 2.52. The summed E-state index contributed by atoms with van der Waals surface area (Å²) in [5.74, 6) is -0.0182. The van der Waals surface area contributed by atoms with Gasteiger partial charge in [-0.05, 0) is 53.9 Å². The number of halogens is 3. The minimum Gasteiger partial charge on any atom is -0.326 e. The molecule has 170 valence electrons. The molecular formula is C25H21F3N2O2S. The van der Waals surface area contributed by atoms with Gasteiger partial charge in [0.1, 0.15) is 5.37 Å². The van der Waals surface area contributed by atoms with E-state index < -0.39 is 11.7 Å². The lowest BCUT2D eigenvalue weighted by molar-refractivity contribution is -0.137. The summed E-state index contributed by atoms with van der Waals surface area (Å²) < 4.78 is 38.6. The normalized spacial score (nSPS) is 16.2. The Labute approximate surface area is 193 Å². The molecule has 0 saturated carbocycles. The number of aryl methyl sites for hydroxylation is 1. The summed E-state index contributed by atoms with van der Waals surface area (Å²) in [6.45, 7) is 0. The van der Waals surface area contributed by atoms with Gasteiger partial charge in [0.25, 0.3) is 0 Å². The second-order valence-corrected chi connectivity index (χ2v) is 8.70. The number of hydrogen-bond acceptors (Lipinski definition) is 3. The van der Waals surface area contributed by atoms with Gasteiger partial charge in [0, 0.05) is 17.8 Å². The zero-order chi connectivity index (χ0) is 23.4. The summed E-state index contributed by atoms with van der Waals surface area (Å²) in [4.78, 5) is 26.2. The van der Waals surface area contributed by atoms with Crippen LogP contribution in [0.25, 0.3) is 0 Å². The van der Waals surface area contributed by atoms with Crippen molar-refractivity contribution in [2.75, 3.05) is 16.0 Å². The first-order valence-electron chi connectivity index (χ1n) is 10.4. The Morgan fingerprint density at radius 1 is 0.970 bits per heavy atom. The van der Waals surface area contributed by atoms with E-state index in [1.165, 1.54) is 28.8 Å². The van der Waals surface area contributed by atoms with E-state index in [-0.39, 0.29) is 22.9 Å². The molecule has 0 aliphatic carbocycles. The van der Waals surface area contributed by atoms with Crippen molar-refractivity contribution < 1.29 is 22.8 Å². The van der Waals surface area contributed by atoms with Crippen LogP contribution in [0, 0.1) is 0 Å². The third kappa shape index (κ3) is 5.57. The number of rotatable bonds is 6. The van der Waals surface area contributed by atoms with Gasteiger partial charge in [0.05, 0.1) is 11.3 Å². The number of anilines is 2. The first-order valence-corrected chi connectivity index (χ1v) is 11.4. The van der Waals surface area contributed by atoms with Crippen LogP contribution in [0.3, 0.4) is 0 Å². The summed E-state index contributed by atoms with van der Waals surface area (Å²) in [7, 11) is 0. The molecule has 1 aliphatic rings.